The fraction of sp³-hybridized carbons (Fsp3) is 0.600. The van der Waals surface area contributed by atoms with Crippen LogP contribution in [0.4, 0.5) is 0 Å². The van der Waals surface area contributed by atoms with Crippen LogP contribution < -0.4 is 10.6 Å². The summed E-state index contributed by atoms with van der Waals surface area (Å²) in [5, 5.41) is 6.96. The molecule has 1 aromatic carbocycles. The average molecular weight is 469 g/mol. The minimum absolute atomic E-state index is 0. The molecule has 26 heavy (non-hydrogen) atoms. The second-order valence-corrected chi connectivity index (χ2v) is 7.81. The van der Waals surface area contributed by atoms with Gasteiger partial charge in [0.15, 0.2) is 5.96 Å². The van der Waals surface area contributed by atoms with Crippen LogP contribution >= 0.6 is 24.0 Å². The summed E-state index contributed by atoms with van der Waals surface area (Å²) in [5.41, 5.74) is 2.66. The third kappa shape index (κ3) is 4.69. The molecule has 2 N–H and O–H groups in total. The number of halogens is 1. The van der Waals surface area contributed by atoms with Gasteiger partial charge < -0.3 is 15.2 Å². The Kier molecular flexibility index (Phi) is 7.32. The van der Waals surface area contributed by atoms with Crippen LogP contribution in [-0.4, -0.2) is 29.1 Å². The van der Waals surface area contributed by atoms with E-state index in [1.54, 1.807) is 0 Å². The second kappa shape index (κ2) is 9.06. The van der Waals surface area contributed by atoms with E-state index in [1.807, 2.05) is 13.1 Å². The molecule has 0 amide bonds. The molecule has 0 atom stereocenters. The van der Waals surface area contributed by atoms with E-state index in [0.29, 0.717) is 12.0 Å². The predicted molar refractivity (Wildman–Crippen MR) is 120 cm³/mol. The van der Waals surface area contributed by atoms with Gasteiger partial charge >= 0.3 is 0 Å². The van der Waals surface area contributed by atoms with Crippen molar-refractivity contribution in [2.45, 2.75) is 46.1 Å². The first kappa shape index (κ1) is 21.0. The lowest BCUT2D eigenvalue weighted by molar-refractivity contribution is 0.104. The lowest BCUT2D eigenvalue weighted by atomic mass is 9.64. The first-order valence-corrected chi connectivity index (χ1v) is 9.38. The van der Waals surface area contributed by atoms with E-state index < -0.39 is 0 Å². The summed E-state index contributed by atoms with van der Waals surface area (Å²) in [5.74, 6) is 2.63. The summed E-state index contributed by atoms with van der Waals surface area (Å²) in [6.45, 7) is 6.31. The highest BCUT2D eigenvalue weighted by atomic mass is 127. The fourth-order valence-electron chi connectivity index (χ4n) is 4.00. The minimum atomic E-state index is 0. The molecule has 3 rings (SSSR count). The van der Waals surface area contributed by atoms with Crippen LogP contribution in [-0.2, 0) is 13.6 Å². The molecule has 1 fully saturated rings. The summed E-state index contributed by atoms with van der Waals surface area (Å²) < 4.78 is 2.14. The van der Waals surface area contributed by atoms with Gasteiger partial charge in [0.1, 0.15) is 5.82 Å². The molecule has 1 aromatic heterocycles. The highest BCUT2D eigenvalue weighted by Gasteiger charge is 2.37. The van der Waals surface area contributed by atoms with E-state index in [-0.39, 0.29) is 24.0 Å². The summed E-state index contributed by atoms with van der Waals surface area (Å²) in [6.07, 6.45) is 5.32. The molecule has 0 radical (unpaired) electrons. The molecule has 2 aromatic rings. The molecule has 0 aliphatic heterocycles. The molecule has 1 aliphatic rings. The molecule has 1 heterocycles. The summed E-state index contributed by atoms with van der Waals surface area (Å²) >= 11 is 0. The fourth-order valence-corrected chi connectivity index (χ4v) is 4.00. The Morgan fingerprint density at radius 2 is 2.00 bits per heavy atom. The van der Waals surface area contributed by atoms with Crippen molar-refractivity contribution in [3.05, 3.63) is 30.1 Å². The van der Waals surface area contributed by atoms with E-state index in [4.69, 9.17) is 4.98 Å². The van der Waals surface area contributed by atoms with Gasteiger partial charge in [-0.2, -0.15) is 0 Å². The number of rotatable bonds is 6. The van der Waals surface area contributed by atoms with Gasteiger partial charge in [0.2, 0.25) is 0 Å². The number of benzene rings is 1. The zero-order valence-electron chi connectivity index (χ0n) is 16.4. The van der Waals surface area contributed by atoms with Gasteiger partial charge in [0.05, 0.1) is 17.6 Å². The van der Waals surface area contributed by atoms with Gasteiger partial charge in [-0.25, -0.2) is 4.98 Å². The molecule has 0 saturated heterocycles. The summed E-state index contributed by atoms with van der Waals surface area (Å²) in [7, 11) is 3.90. The van der Waals surface area contributed by atoms with Crippen molar-refractivity contribution in [1.82, 2.24) is 20.2 Å². The molecule has 0 unspecified atom stereocenters. The molecular formula is C20H32IN5. The zero-order valence-corrected chi connectivity index (χ0v) is 18.7. The topological polar surface area (TPSA) is 54.2 Å². The van der Waals surface area contributed by atoms with Crippen LogP contribution in [0.15, 0.2) is 29.3 Å². The third-order valence-corrected chi connectivity index (χ3v) is 5.40. The number of imidazole rings is 1. The van der Waals surface area contributed by atoms with Crippen LogP contribution in [0.25, 0.3) is 11.0 Å². The highest BCUT2D eigenvalue weighted by molar-refractivity contribution is 14.0. The maximum atomic E-state index is 4.71. The maximum absolute atomic E-state index is 4.71. The average Bonchev–Trinajstić information content (AvgIpc) is 2.88. The van der Waals surface area contributed by atoms with Gasteiger partial charge in [0, 0.05) is 20.6 Å². The Morgan fingerprint density at radius 1 is 1.27 bits per heavy atom. The second-order valence-electron chi connectivity index (χ2n) is 7.81. The Hall–Kier alpha value is -1.31. The van der Waals surface area contributed by atoms with Crippen LogP contribution in [0.3, 0.4) is 0 Å². The van der Waals surface area contributed by atoms with Crippen molar-refractivity contribution in [2.75, 3.05) is 13.6 Å². The Balaban J connectivity index is 0.00000243. The number of hydrogen-bond donors (Lipinski definition) is 2. The number of nitrogens with one attached hydrogen (secondary N) is 2. The van der Waals surface area contributed by atoms with Crippen molar-refractivity contribution in [3.8, 4) is 0 Å². The molecule has 1 saturated carbocycles. The molecule has 0 bridgehead atoms. The monoisotopic (exact) mass is 469 g/mol. The third-order valence-electron chi connectivity index (χ3n) is 5.40. The van der Waals surface area contributed by atoms with Gasteiger partial charge in [-0.1, -0.05) is 32.4 Å². The molecule has 144 valence electrons. The largest absolute Gasteiger partial charge is 0.356 e. The number of aryl methyl sites for hydroxylation is 1. The smallest absolute Gasteiger partial charge is 0.191 e. The first-order chi connectivity index (χ1) is 12.0. The normalized spacial score (nSPS) is 16.3. The van der Waals surface area contributed by atoms with Crippen molar-refractivity contribution < 1.29 is 0 Å². The van der Waals surface area contributed by atoms with Gasteiger partial charge in [0.25, 0.3) is 0 Å². The highest BCUT2D eigenvalue weighted by Crippen LogP contribution is 2.45. The molecule has 0 spiro atoms. The van der Waals surface area contributed by atoms with Crippen LogP contribution in [0, 0.1) is 11.3 Å². The standard InChI is InChI=1S/C20H31N5.HI/c1-15(2)12-20(10-7-11-20)14-23-19(21-3)22-13-18-24-16-8-5-6-9-17(16)25(18)4;/h5-6,8-9,15H,7,10-14H2,1-4H3,(H2,21,22,23);1H. The van der Waals surface area contributed by atoms with Crippen LogP contribution in [0.5, 0.6) is 0 Å². The Morgan fingerprint density at radius 3 is 2.58 bits per heavy atom. The summed E-state index contributed by atoms with van der Waals surface area (Å²) in [6, 6.07) is 8.23. The predicted octanol–water partition coefficient (Wildman–Crippen LogP) is 4.07. The number of fused-ring (bicyclic) bond motifs is 1. The summed E-state index contributed by atoms with van der Waals surface area (Å²) in [4.78, 5) is 9.10. The Labute approximate surface area is 174 Å². The Bertz CT molecular complexity index is 746. The number of guanidine groups is 1. The number of para-hydroxylation sites is 2. The van der Waals surface area contributed by atoms with Gasteiger partial charge in [-0.15, -0.1) is 24.0 Å². The van der Waals surface area contributed by atoms with E-state index >= 15 is 0 Å². The van der Waals surface area contributed by atoms with E-state index in [0.717, 1.165) is 35.3 Å². The van der Waals surface area contributed by atoms with E-state index in [2.05, 4.69) is 59.3 Å². The van der Waals surface area contributed by atoms with Gasteiger partial charge in [-0.3, -0.25) is 4.99 Å². The SMILES string of the molecule is CN=C(NCc1nc2ccccc2n1C)NCC1(CC(C)C)CCC1.I. The quantitative estimate of drug-likeness (QED) is 0.381. The number of aromatic nitrogens is 2. The zero-order chi connectivity index (χ0) is 17.9. The minimum Gasteiger partial charge on any atom is -0.356 e. The molecular weight excluding hydrogens is 437 g/mol. The molecule has 6 heteroatoms. The van der Waals surface area contributed by atoms with Crippen molar-refractivity contribution in [2.24, 2.45) is 23.4 Å². The number of hydrogen-bond acceptors (Lipinski definition) is 2. The lowest BCUT2D eigenvalue weighted by Gasteiger charge is -2.43. The number of nitrogens with zero attached hydrogens (tertiary/aromatic N) is 3. The maximum Gasteiger partial charge on any atom is 0.191 e. The molecule has 5 nitrogen and oxygen atoms in total. The van der Waals surface area contributed by atoms with E-state index in [1.165, 1.54) is 25.7 Å². The first-order valence-electron chi connectivity index (χ1n) is 9.38. The van der Waals surface area contributed by atoms with Crippen LogP contribution in [0.1, 0.15) is 45.4 Å². The van der Waals surface area contributed by atoms with Gasteiger partial charge in [-0.05, 0) is 42.7 Å². The van der Waals surface area contributed by atoms with Crippen molar-refractivity contribution in [3.63, 3.8) is 0 Å². The van der Waals surface area contributed by atoms with E-state index in [9.17, 15) is 0 Å². The van der Waals surface area contributed by atoms with Crippen LogP contribution in [0.2, 0.25) is 0 Å². The lowest BCUT2D eigenvalue weighted by Crippen LogP contribution is -2.46. The van der Waals surface area contributed by atoms with Crippen molar-refractivity contribution in [1.29, 1.82) is 0 Å². The van der Waals surface area contributed by atoms with Crippen molar-refractivity contribution >= 4 is 41.0 Å². The number of aliphatic imine (C=N–C) groups is 1. The molecule has 1 aliphatic carbocycles.